The van der Waals surface area contributed by atoms with E-state index in [1.54, 1.807) is 36.5 Å². The number of ether oxygens (including phenoxy) is 2. The van der Waals surface area contributed by atoms with E-state index in [0.717, 1.165) is 22.6 Å². The number of benzene rings is 4. The first-order valence-corrected chi connectivity index (χ1v) is 11.9. The predicted molar refractivity (Wildman–Crippen MR) is 132 cm³/mol. The third kappa shape index (κ3) is 5.82. The zero-order valence-corrected chi connectivity index (χ0v) is 19.5. The fourth-order valence-corrected chi connectivity index (χ4v) is 4.02. The fourth-order valence-electron chi connectivity index (χ4n) is 3.08. The monoisotopic (exact) mass is 473 g/mol. The van der Waals surface area contributed by atoms with E-state index in [-0.39, 0.29) is 16.4 Å². The molecule has 0 N–H and O–H groups in total. The lowest BCUT2D eigenvalue weighted by molar-refractivity contribution is 0.390. The van der Waals surface area contributed by atoms with Crippen LogP contribution in [0.5, 0.6) is 23.0 Å². The minimum Gasteiger partial charge on any atom is -0.493 e. The molecular formula is C27H23NO5S. The Morgan fingerprint density at radius 2 is 1.44 bits per heavy atom. The van der Waals surface area contributed by atoms with Crippen LogP contribution in [0.2, 0.25) is 0 Å². The van der Waals surface area contributed by atoms with E-state index in [1.807, 2.05) is 61.5 Å². The topological polar surface area (TPSA) is 74.2 Å². The molecular weight excluding hydrogens is 450 g/mol. The van der Waals surface area contributed by atoms with Gasteiger partial charge < -0.3 is 13.7 Å². The van der Waals surface area contributed by atoms with Crippen molar-refractivity contribution < 1.29 is 22.1 Å². The largest absolute Gasteiger partial charge is 0.493 e. The van der Waals surface area contributed by atoms with Crippen molar-refractivity contribution in [3.05, 3.63) is 108 Å². The van der Waals surface area contributed by atoms with E-state index >= 15 is 0 Å². The van der Waals surface area contributed by atoms with Crippen molar-refractivity contribution in [3.63, 3.8) is 0 Å². The summed E-state index contributed by atoms with van der Waals surface area (Å²) in [6.07, 6.45) is 1.66. The van der Waals surface area contributed by atoms with Crippen molar-refractivity contribution in [3.8, 4) is 23.0 Å². The zero-order valence-electron chi connectivity index (χ0n) is 18.7. The SMILES string of the molecule is COc1cc(C=Nc2ccc(Oc3ccccc3)cc2)ccc1OS(=O)(=O)c1ccc(C)cc1. The van der Waals surface area contributed by atoms with Crippen LogP contribution < -0.4 is 13.7 Å². The molecule has 0 fully saturated rings. The second-order valence-electron chi connectivity index (χ2n) is 7.43. The summed E-state index contributed by atoms with van der Waals surface area (Å²) in [6.45, 7) is 1.88. The number of rotatable bonds is 8. The Hall–Kier alpha value is -4.10. The highest BCUT2D eigenvalue weighted by atomic mass is 32.2. The maximum atomic E-state index is 12.6. The lowest BCUT2D eigenvalue weighted by Gasteiger charge is -2.11. The Morgan fingerprint density at radius 3 is 2.12 bits per heavy atom. The Morgan fingerprint density at radius 1 is 0.765 bits per heavy atom. The molecule has 0 radical (unpaired) electrons. The van der Waals surface area contributed by atoms with Gasteiger partial charge >= 0.3 is 10.1 Å². The van der Waals surface area contributed by atoms with Crippen LogP contribution in [0, 0.1) is 6.92 Å². The summed E-state index contributed by atoms with van der Waals surface area (Å²) in [6, 6.07) is 28.3. The molecule has 172 valence electrons. The minimum absolute atomic E-state index is 0.0745. The first kappa shape index (κ1) is 23.1. The number of para-hydroxylation sites is 1. The standard InChI is InChI=1S/C27H23NO5S/c1-20-8-15-25(16-9-20)34(29,30)33-26-17-10-21(18-27(26)31-2)19-28-22-11-13-24(14-12-22)32-23-6-4-3-5-7-23/h3-19H,1-2H3. The number of methoxy groups -OCH3 is 1. The number of nitrogens with zero attached hydrogens (tertiary/aromatic N) is 1. The molecule has 7 heteroatoms. The van der Waals surface area contributed by atoms with E-state index in [0.29, 0.717) is 5.75 Å². The molecule has 0 aromatic heterocycles. The second-order valence-corrected chi connectivity index (χ2v) is 8.97. The van der Waals surface area contributed by atoms with Crippen molar-refractivity contribution in [1.29, 1.82) is 0 Å². The van der Waals surface area contributed by atoms with Gasteiger partial charge in [0.15, 0.2) is 11.5 Å². The molecule has 0 aliphatic carbocycles. The molecule has 4 aromatic rings. The van der Waals surface area contributed by atoms with Crippen molar-refractivity contribution in [2.45, 2.75) is 11.8 Å². The van der Waals surface area contributed by atoms with Crippen LogP contribution in [-0.4, -0.2) is 21.7 Å². The third-order valence-corrected chi connectivity index (χ3v) is 6.12. The molecule has 0 aliphatic rings. The molecule has 0 aliphatic heterocycles. The number of hydrogen-bond acceptors (Lipinski definition) is 6. The van der Waals surface area contributed by atoms with Crippen LogP contribution in [-0.2, 0) is 10.1 Å². The van der Waals surface area contributed by atoms with Gasteiger partial charge in [0.2, 0.25) is 0 Å². The van der Waals surface area contributed by atoms with Crippen LogP contribution in [0.15, 0.2) is 107 Å². The average molecular weight is 474 g/mol. The minimum atomic E-state index is -3.98. The van der Waals surface area contributed by atoms with E-state index in [2.05, 4.69) is 4.99 Å². The third-order valence-electron chi connectivity index (χ3n) is 4.88. The molecule has 0 spiro atoms. The normalized spacial score (nSPS) is 11.4. The van der Waals surface area contributed by atoms with Crippen LogP contribution in [0.3, 0.4) is 0 Å². The molecule has 0 unspecified atom stereocenters. The summed E-state index contributed by atoms with van der Waals surface area (Å²) in [5.74, 6) is 1.86. The lowest BCUT2D eigenvalue weighted by Crippen LogP contribution is -2.10. The zero-order chi connectivity index (χ0) is 24.0. The molecule has 6 nitrogen and oxygen atoms in total. The van der Waals surface area contributed by atoms with Gasteiger partial charge in [-0.15, -0.1) is 0 Å². The first-order valence-electron chi connectivity index (χ1n) is 10.5. The number of aliphatic imine (C=N–C) groups is 1. The van der Waals surface area contributed by atoms with Gasteiger partial charge in [0.1, 0.15) is 16.4 Å². The Labute approximate surface area is 199 Å². The van der Waals surface area contributed by atoms with E-state index in [1.165, 1.54) is 19.2 Å². The molecule has 4 rings (SSSR count). The second kappa shape index (κ2) is 10.2. The van der Waals surface area contributed by atoms with Gasteiger partial charge in [-0.2, -0.15) is 8.42 Å². The van der Waals surface area contributed by atoms with Gasteiger partial charge in [-0.1, -0.05) is 35.9 Å². The fraction of sp³-hybridized carbons (Fsp3) is 0.0741. The highest BCUT2D eigenvalue weighted by Gasteiger charge is 2.19. The van der Waals surface area contributed by atoms with Gasteiger partial charge in [0.25, 0.3) is 0 Å². The van der Waals surface area contributed by atoms with Crippen LogP contribution in [0.4, 0.5) is 5.69 Å². The maximum absolute atomic E-state index is 12.6. The quantitative estimate of drug-likeness (QED) is 0.221. The van der Waals surface area contributed by atoms with Gasteiger partial charge in [-0.05, 0) is 79.2 Å². The molecule has 0 amide bonds. The maximum Gasteiger partial charge on any atom is 0.339 e. The number of hydrogen-bond donors (Lipinski definition) is 0. The van der Waals surface area contributed by atoms with Gasteiger partial charge in [-0.3, -0.25) is 4.99 Å². The van der Waals surface area contributed by atoms with Crippen molar-refractivity contribution in [2.75, 3.05) is 7.11 Å². The van der Waals surface area contributed by atoms with Crippen LogP contribution in [0.1, 0.15) is 11.1 Å². The molecule has 0 saturated carbocycles. The van der Waals surface area contributed by atoms with Crippen molar-refractivity contribution in [2.24, 2.45) is 4.99 Å². The Bertz CT molecular complexity index is 1380. The van der Waals surface area contributed by atoms with Gasteiger partial charge in [0, 0.05) is 6.21 Å². The van der Waals surface area contributed by atoms with Crippen molar-refractivity contribution >= 4 is 22.0 Å². The number of aryl methyl sites for hydroxylation is 1. The van der Waals surface area contributed by atoms with Gasteiger partial charge in [0.05, 0.1) is 12.8 Å². The van der Waals surface area contributed by atoms with E-state index in [9.17, 15) is 8.42 Å². The summed E-state index contributed by atoms with van der Waals surface area (Å²) >= 11 is 0. The summed E-state index contributed by atoms with van der Waals surface area (Å²) in [4.78, 5) is 4.54. The van der Waals surface area contributed by atoms with Crippen LogP contribution in [0.25, 0.3) is 0 Å². The average Bonchev–Trinajstić information content (AvgIpc) is 2.85. The molecule has 0 bridgehead atoms. The molecule has 34 heavy (non-hydrogen) atoms. The summed E-state index contributed by atoms with van der Waals surface area (Å²) < 4.78 is 41.7. The summed E-state index contributed by atoms with van der Waals surface area (Å²) in [5.41, 5.74) is 2.42. The van der Waals surface area contributed by atoms with Crippen molar-refractivity contribution in [1.82, 2.24) is 0 Å². The molecule has 0 saturated heterocycles. The molecule has 0 atom stereocenters. The Kier molecular flexibility index (Phi) is 6.94. The van der Waals surface area contributed by atoms with E-state index < -0.39 is 10.1 Å². The van der Waals surface area contributed by atoms with Crippen LogP contribution >= 0.6 is 0 Å². The molecule has 0 heterocycles. The summed E-state index contributed by atoms with van der Waals surface area (Å²) in [5, 5.41) is 0. The predicted octanol–water partition coefficient (Wildman–Crippen LogP) is 6.31. The highest BCUT2D eigenvalue weighted by Crippen LogP contribution is 2.31. The first-order chi connectivity index (χ1) is 16.4. The summed E-state index contributed by atoms with van der Waals surface area (Å²) in [7, 11) is -2.53. The molecule has 4 aromatic carbocycles. The smallest absolute Gasteiger partial charge is 0.339 e. The van der Waals surface area contributed by atoms with E-state index in [4.69, 9.17) is 13.7 Å². The highest BCUT2D eigenvalue weighted by molar-refractivity contribution is 7.87. The lowest BCUT2D eigenvalue weighted by atomic mass is 10.2. The van der Waals surface area contributed by atoms with Gasteiger partial charge in [-0.25, -0.2) is 0 Å². The Balaban J connectivity index is 1.46.